The number of amides is 1. The highest BCUT2D eigenvalue weighted by Gasteiger charge is 2.15. The first kappa shape index (κ1) is 14.2. The fourth-order valence-corrected chi connectivity index (χ4v) is 2.04. The van der Waals surface area contributed by atoms with Gasteiger partial charge < -0.3 is 5.32 Å². The Morgan fingerprint density at radius 2 is 1.90 bits per heavy atom. The quantitative estimate of drug-likeness (QED) is 0.842. The summed E-state index contributed by atoms with van der Waals surface area (Å²) in [7, 11) is 0. The zero-order valence-corrected chi connectivity index (χ0v) is 11.5. The second-order valence-electron chi connectivity index (χ2n) is 4.43. The molecule has 2 N–H and O–H groups in total. The van der Waals surface area contributed by atoms with Crippen LogP contribution in [-0.4, -0.2) is 24.0 Å². The largest absolute Gasteiger partial charge is 0.355 e. The number of carbonyl (C=O) groups excluding carboxylic acids is 1. The summed E-state index contributed by atoms with van der Waals surface area (Å²) in [6, 6.07) is 15.7. The fraction of sp³-hybridized carbons (Fsp3) is 0.250. The SMILES string of the molecule is CCNC(=O)CNC(c1ccccc1)c1ccccn1. The molecule has 104 valence electrons. The van der Waals surface area contributed by atoms with Crippen molar-refractivity contribution in [3.63, 3.8) is 0 Å². The van der Waals surface area contributed by atoms with Gasteiger partial charge >= 0.3 is 0 Å². The first-order valence-corrected chi connectivity index (χ1v) is 6.77. The Hall–Kier alpha value is -2.20. The molecule has 0 saturated heterocycles. The van der Waals surface area contributed by atoms with Crippen LogP contribution in [0, 0.1) is 0 Å². The molecule has 1 aromatic heterocycles. The van der Waals surface area contributed by atoms with Gasteiger partial charge in [-0.25, -0.2) is 0 Å². The Labute approximate surface area is 119 Å². The van der Waals surface area contributed by atoms with E-state index in [2.05, 4.69) is 15.6 Å². The van der Waals surface area contributed by atoms with Crippen LogP contribution >= 0.6 is 0 Å². The Kier molecular flexibility index (Phi) is 5.26. The van der Waals surface area contributed by atoms with Gasteiger partial charge in [-0.05, 0) is 24.6 Å². The number of nitrogens with one attached hydrogen (secondary N) is 2. The van der Waals surface area contributed by atoms with Crippen LogP contribution in [0.25, 0.3) is 0 Å². The predicted molar refractivity (Wildman–Crippen MR) is 79.2 cm³/mol. The highest BCUT2D eigenvalue weighted by molar-refractivity contribution is 5.78. The molecular formula is C16H19N3O. The number of benzene rings is 1. The number of pyridine rings is 1. The Morgan fingerprint density at radius 3 is 2.55 bits per heavy atom. The maximum absolute atomic E-state index is 11.6. The number of carbonyl (C=O) groups is 1. The molecule has 1 amide bonds. The lowest BCUT2D eigenvalue weighted by Gasteiger charge is -2.18. The second kappa shape index (κ2) is 7.40. The van der Waals surface area contributed by atoms with Gasteiger partial charge in [-0.15, -0.1) is 0 Å². The molecule has 20 heavy (non-hydrogen) atoms. The van der Waals surface area contributed by atoms with Crippen molar-refractivity contribution < 1.29 is 4.79 Å². The van der Waals surface area contributed by atoms with Gasteiger partial charge in [0.2, 0.25) is 5.91 Å². The minimum Gasteiger partial charge on any atom is -0.355 e. The molecule has 1 aromatic carbocycles. The number of nitrogens with zero attached hydrogens (tertiary/aromatic N) is 1. The molecule has 1 heterocycles. The normalized spacial score (nSPS) is 11.8. The Bertz CT molecular complexity index is 488. The summed E-state index contributed by atoms with van der Waals surface area (Å²) < 4.78 is 0. The zero-order chi connectivity index (χ0) is 14.2. The maximum Gasteiger partial charge on any atom is 0.233 e. The summed E-state index contributed by atoms with van der Waals surface area (Å²) >= 11 is 0. The molecule has 0 fully saturated rings. The molecular weight excluding hydrogens is 250 g/mol. The lowest BCUT2D eigenvalue weighted by molar-refractivity contribution is -0.120. The summed E-state index contributed by atoms with van der Waals surface area (Å²) in [6.45, 7) is 2.81. The minimum atomic E-state index is -0.0833. The first-order valence-electron chi connectivity index (χ1n) is 6.77. The number of rotatable bonds is 6. The molecule has 4 nitrogen and oxygen atoms in total. The average Bonchev–Trinajstić information content (AvgIpc) is 2.50. The third-order valence-corrected chi connectivity index (χ3v) is 2.96. The molecule has 0 aliphatic rings. The summed E-state index contributed by atoms with van der Waals surface area (Å²) in [6.07, 6.45) is 1.76. The molecule has 2 aromatic rings. The van der Waals surface area contributed by atoms with Crippen molar-refractivity contribution in [1.29, 1.82) is 0 Å². The van der Waals surface area contributed by atoms with Gasteiger partial charge in [0.25, 0.3) is 0 Å². The number of likely N-dealkylation sites (N-methyl/N-ethyl adjacent to an activating group) is 1. The smallest absolute Gasteiger partial charge is 0.233 e. The summed E-state index contributed by atoms with van der Waals surface area (Å²) in [5, 5.41) is 6.04. The lowest BCUT2D eigenvalue weighted by atomic mass is 10.0. The molecule has 0 aliphatic carbocycles. The van der Waals surface area contributed by atoms with Gasteiger partial charge in [-0.2, -0.15) is 0 Å². The molecule has 2 rings (SSSR count). The van der Waals surface area contributed by atoms with Crippen LogP contribution < -0.4 is 10.6 Å². The minimum absolute atomic E-state index is 0.00985. The van der Waals surface area contributed by atoms with Crippen molar-refractivity contribution in [3.05, 3.63) is 66.0 Å². The van der Waals surface area contributed by atoms with E-state index in [0.29, 0.717) is 6.54 Å². The molecule has 4 heteroatoms. The predicted octanol–water partition coefficient (Wildman–Crippen LogP) is 1.90. The Morgan fingerprint density at radius 1 is 1.15 bits per heavy atom. The van der Waals surface area contributed by atoms with E-state index in [0.717, 1.165) is 11.3 Å². The van der Waals surface area contributed by atoms with Crippen LogP contribution in [-0.2, 0) is 4.79 Å². The van der Waals surface area contributed by atoms with Crippen molar-refractivity contribution in [1.82, 2.24) is 15.6 Å². The fourth-order valence-electron chi connectivity index (χ4n) is 2.04. The number of hydrogen-bond acceptors (Lipinski definition) is 3. The van der Waals surface area contributed by atoms with Gasteiger partial charge in [-0.1, -0.05) is 36.4 Å². The van der Waals surface area contributed by atoms with Crippen LogP contribution in [0.3, 0.4) is 0 Å². The van der Waals surface area contributed by atoms with Crippen LogP contribution in [0.2, 0.25) is 0 Å². The second-order valence-corrected chi connectivity index (χ2v) is 4.43. The van der Waals surface area contributed by atoms with E-state index in [9.17, 15) is 4.79 Å². The lowest BCUT2D eigenvalue weighted by Crippen LogP contribution is -2.36. The van der Waals surface area contributed by atoms with E-state index in [-0.39, 0.29) is 18.5 Å². The van der Waals surface area contributed by atoms with Crippen LogP contribution in [0.4, 0.5) is 0 Å². The van der Waals surface area contributed by atoms with Crippen molar-refractivity contribution in [2.75, 3.05) is 13.1 Å². The van der Waals surface area contributed by atoms with Crippen molar-refractivity contribution >= 4 is 5.91 Å². The summed E-state index contributed by atoms with van der Waals surface area (Å²) in [5.74, 6) is -0.00985. The first-order chi connectivity index (χ1) is 9.81. The van der Waals surface area contributed by atoms with Crippen molar-refractivity contribution in [3.8, 4) is 0 Å². The van der Waals surface area contributed by atoms with E-state index in [1.54, 1.807) is 6.20 Å². The van der Waals surface area contributed by atoms with E-state index in [1.165, 1.54) is 0 Å². The van der Waals surface area contributed by atoms with E-state index in [1.807, 2.05) is 55.5 Å². The van der Waals surface area contributed by atoms with Crippen LogP contribution in [0.15, 0.2) is 54.7 Å². The molecule has 0 spiro atoms. The number of aromatic nitrogens is 1. The Balaban J connectivity index is 2.15. The zero-order valence-electron chi connectivity index (χ0n) is 11.5. The van der Waals surface area contributed by atoms with Crippen molar-refractivity contribution in [2.45, 2.75) is 13.0 Å². The molecule has 0 aliphatic heterocycles. The van der Waals surface area contributed by atoms with Crippen molar-refractivity contribution in [2.24, 2.45) is 0 Å². The molecule has 1 unspecified atom stereocenters. The summed E-state index contributed by atoms with van der Waals surface area (Å²) in [5.41, 5.74) is 2.00. The van der Waals surface area contributed by atoms with Gasteiger partial charge in [-0.3, -0.25) is 15.1 Å². The van der Waals surface area contributed by atoms with Gasteiger partial charge in [0, 0.05) is 12.7 Å². The monoisotopic (exact) mass is 269 g/mol. The standard InChI is InChI=1S/C16H19N3O/c1-2-17-15(20)12-19-16(13-8-4-3-5-9-13)14-10-6-7-11-18-14/h3-11,16,19H,2,12H2,1H3,(H,17,20). The van der Waals surface area contributed by atoms with E-state index < -0.39 is 0 Å². The molecule has 1 atom stereocenters. The maximum atomic E-state index is 11.6. The van der Waals surface area contributed by atoms with Crippen LogP contribution in [0.5, 0.6) is 0 Å². The molecule has 0 bridgehead atoms. The van der Waals surface area contributed by atoms with E-state index >= 15 is 0 Å². The van der Waals surface area contributed by atoms with Gasteiger partial charge in [0.1, 0.15) is 0 Å². The number of hydrogen-bond donors (Lipinski definition) is 2. The van der Waals surface area contributed by atoms with Gasteiger partial charge in [0.15, 0.2) is 0 Å². The molecule has 0 radical (unpaired) electrons. The topological polar surface area (TPSA) is 54.0 Å². The highest BCUT2D eigenvalue weighted by atomic mass is 16.1. The van der Waals surface area contributed by atoms with E-state index in [4.69, 9.17) is 0 Å². The summed E-state index contributed by atoms with van der Waals surface area (Å²) in [4.78, 5) is 16.0. The van der Waals surface area contributed by atoms with Gasteiger partial charge in [0.05, 0.1) is 18.3 Å². The highest BCUT2D eigenvalue weighted by Crippen LogP contribution is 2.19. The van der Waals surface area contributed by atoms with Crippen LogP contribution in [0.1, 0.15) is 24.2 Å². The third kappa shape index (κ3) is 3.90. The molecule has 0 saturated carbocycles. The average molecular weight is 269 g/mol. The third-order valence-electron chi connectivity index (χ3n) is 2.96.